The summed E-state index contributed by atoms with van der Waals surface area (Å²) in [7, 11) is 0. The Morgan fingerprint density at radius 2 is 1.62 bits per heavy atom. The molecule has 0 spiro atoms. The molecule has 1 aromatic rings. The number of carbonyl (C=O) groups is 3. The summed E-state index contributed by atoms with van der Waals surface area (Å²) in [6, 6.07) is 9.11. The van der Waals surface area contributed by atoms with Gasteiger partial charge in [-0.25, -0.2) is 0 Å². The molecule has 6 fully saturated rings. The molecule has 9 nitrogen and oxygen atoms in total. The monoisotopic (exact) mass is 648 g/mol. The third-order valence-electron chi connectivity index (χ3n) is 14.2. The summed E-state index contributed by atoms with van der Waals surface area (Å²) in [4.78, 5) is 45.3. The van der Waals surface area contributed by atoms with E-state index in [0.717, 1.165) is 57.2 Å². The maximum Gasteiger partial charge on any atom is 0.245 e. The Hall–Kier alpha value is -2.49. The number of nitrogens with zero attached hydrogens (tertiary/aromatic N) is 3. The van der Waals surface area contributed by atoms with Crippen molar-refractivity contribution in [2.45, 2.75) is 109 Å². The van der Waals surface area contributed by atoms with Crippen LogP contribution in [0.3, 0.4) is 0 Å². The molecule has 2 heterocycles. The molecule has 0 unspecified atom stereocenters. The van der Waals surface area contributed by atoms with Crippen LogP contribution in [0.4, 0.5) is 0 Å². The zero-order chi connectivity index (χ0) is 32.9. The van der Waals surface area contributed by atoms with Crippen molar-refractivity contribution >= 4 is 17.7 Å². The van der Waals surface area contributed by atoms with Crippen LogP contribution in [0.5, 0.6) is 0 Å². The van der Waals surface area contributed by atoms with Crippen LogP contribution in [0.1, 0.15) is 83.6 Å². The largest absolute Gasteiger partial charge is 0.393 e. The van der Waals surface area contributed by atoms with Gasteiger partial charge in [-0.3, -0.25) is 19.3 Å². The summed E-state index contributed by atoms with van der Waals surface area (Å²) in [6.07, 6.45) is 9.93. The van der Waals surface area contributed by atoms with E-state index in [4.69, 9.17) is 0 Å². The normalized spacial score (nSPS) is 40.3. The lowest BCUT2D eigenvalue weighted by molar-refractivity contribution is -0.158. The topological polar surface area (TPSA) is 113 Å². The van der Waals surface area contributed by atoms with Crippen molar-refractivity contribution in [2.24, 2.45) is 34.5 Å². The van der Waals surface area contributed by atoms with Crippen LogP contribution in [0.15, 0.2) is 30.3 Å². The van der Waals surface area contributed by atoms with E-state index in [2.05, 4.69) is 24.1 Å². The number of aliphatic hydroxyl groups is 2. The van der Waals surface area contributed by atoms with Gasteiger partial charge in [-0.2, -0.15) is 0 Å². The van der Waals surface area contributed by atoms with Gasteiger partial charge in [0.1, 0.15) is 6.04 Å². The van der Waals surface area contributed by atoms with Gasteiger partial charge in [-0.15, -0.1) is 0 Å². The minimum absolute atomic E-state index is 0.0152. The molecule has 0 aromatic heterocycles. The molecule has 4 saturated carbocycles. The summed E-state index contributed by atoms with van der Waals surface area (Å²) in [6.45, 7) is 8.02. The van der Waals surface area contributed by atoms with E-state index in [1.807, 2.05) is 35.2 Å². The average Bonchev–Trinajstić information content (AvgIpc) is 3.68. The van der Waals surface area contributed by atoms with Crippen LogP contribution in [-0.2, 0) is 20.8 Å². The maximum atomic E-state index is 13.7. The predicted octanol–water partition coefficient (Wildman–Crippen LogP) is 3.22. The summed E-state index contributed by atoms with van der Waals surface area (Å²) in [5.74, 6) is 2.15. The second-order valence-electron chi connectivity index (χ2n) is 16.4. The van der Waals surface area contributed by atoms with Gasteiger partial charge in [0.2, 0.25) is 17.7 Å². The minimum Gasteiger partial charge on any atom is -0.393 e. The highest BCUT2D eigenvalue weighted by Crippen LogP contribution is 2.66. The molecule has 258 valence electrons. The Bertz CT molecular complexity index is 1320. The molecular formula is C38H56N4O5. The van der Waals surface area contributed by atoms with Gasteiger partial charge in [-0.05, 0) is 104 Å². The third kappa shape index (κ3) is 6.03. The SMILES string of the molecule is C[C@]12C[C@H](N3CCN(C(=O)[C@@H]4CCCN4C(=O)CNC(=O)Cc4ccccc4)CC3)[C@@H](O)C[C@@H]1CC[C@@H]1[C@@H]2CC[C@]2(C)[C@@H](O)CC[C@@H]12. The van der Waals surface area contributed by atoms with E-state index in [1.165, 1.54) is 19.3 Å². The first kappa shape index (κ1) is 33.0. The molecular weight excluding hydrogens is 592 g/mol. The van der Waals surface area contributed by atoms with Gasteiger partial charge in [0.25, 0.3) is 0 Å². The molecule has 6 aliphatic rings. The zero-order valence-electron chi connectivity index (χ0n) is 28.5. The van der Waals surface area contributed by atoms with E-state index >= 15 is 0 Å². The van der Waals surface area contributed by atoms with Gasteiger partial charge in [0, 0.05) is 38.8 Å². The second-order valence-corrected chi connectivity index (χ2v) is 16.4. The second kappa shape index (κ2) is 13.1. The molecule has 47 heavy (non-hydrogen) atoms. The number of carbonyl (C=O) groups excluding carboxylic acids is 3. The van der Waals surface area contributed by atoms with Gasteiger partial charge < -0.3 is 25.3 Å². The van der Waals surface area contributed by atoms with E-state index in [-0.39, 0.29) is 59.8 Å². The third-order valence-corrected chi connectivity index (χ3v) is 14.2. The van der Waals surface area contributed by atoms with Gasteiger partial charge in [0.05, 0.1) is 25.2 Å². The van der Waals surface area contributed by atoms with Crippen LogP contribution >= 0.6 is 0 Å². The van der Waals surface area contributed by atoms with E-state index < -0.39 is 6.04 Å². The number of amides is 3. The predicted molar refractivity (Wildman–Crippen MR) is 179 cm³/mol. The molecule has 3 N–H and O–H groups in total. The van der Waals surface area contributed by atoms with Crippen molar-refractivity contribution < 1.29 is 24.6 Å². The lowest BCUT2D eigenvalue weighted by Gasteiger charge is -2.62. The van der Waals surface area contributed by atoms with Crippen molar-refractivity contribution in [3.8, 4) is 0 Å². The summed E-state index contributed by atoms with van der Waals surface area (Å²) in [5, 5.41) is 25.1. The first-order valence-electron chi connectivity index (χ1n) is 18.6. The summed E-state index contributed by atoms with van der Waals surface area (Å²) in [5.41, 5.74) is 1.18. The first-order valence-corrected chi connectivity index (χ1v) is 18.6. The molecule has 1 aromatic carbocycles. The van der Waals surface area contributed by atoms with E-state index in [1.54, 1.807) is 4.90 Å². The van der Waals surface area contributed by atoms with Crippen LogP contribution in [0, 0.1) is 34.5 Å². The number of hydrogen-bond donors (Lipinski definition) is 3. The van der Waals surface area contributed by atoms with Crippen LogP contribution < -0.4 is 5.32 Å². The number of likely N-dealkylation sites (tertiary alicyclic amines) is 1. The van der Waals surface area contributed by atoms with E-state index in [0.29, 0.717) is 49.7 Å². The van der Waals surface area contributed by atoms with Crippen molar-refractivity contribution in [1.82, 2.24) is 20.0 Å². The first-order chi connectivity index (χ1) is 22.6. The Balaban J connectivity index is 0.934. The maximum absolute atomic E-state index is 13.7. The number of nitrogens with one attached hydrogen (secondary N) is 1. The fourth-order valence-corrected chi connectivity index (χ4v) is 11.5. The van der Waals surface area contributed by atoms with Crippen LogP contribution in [-0.4, -0.2) is 106 Å². The number of aliphatic hydroxyl groups excluding tert-OH is 2. The Morgan fingerprint density at radius 1 is 0.872 bits per heavy atom. The number of rotatable bonds is 6. The van der Waals surface area contributed by atoms with Crippen molar-refractivity contribution in [3.05, 3.63) is 35.9 Å². The van der Waals surface area contributed by atoms with Crippen LogP contribution in [0.25, 0.3) is 0 Å². The quantitative estimate of drug-likeness (QED) is 0.437. The standard InChI is InChI=1S/C38H56N4O5/c1-37-15-14-29-27(28(37)12-13-33(37)44)11-10-26-22-32(43)31(23-38(26,29)2)40-17-19-41(20-18-40)36(47)30-9-6-16-42(30)35(46)24-39-34(45)21-25-7-4-3-5-8-25/h3-5,7-8,26-33,43-44H,6,9-24H2,1-2H3,(H,39,45)/t26-,27-,28-,29-,30-,31-,32-,33-,37-,38-/m0/s1. The van der Waals surface area contributed by atoms with E-state index in [9.17, 15) is 24.6 Å². The molecule has 0 bridgehead atoms. The molecule has 2 saturated heterocycles. The summed E-state index contributed by atoms with van der Waals surface area (Å²) >= 11 is 0. The smallest absolute Gasteiger partial charge is 0.245 e. The summed E-state index contributed by atoms with van der Waals surface area (Å²) < 4.78 is 0. The fraction of sp³-hybridized carbons (Fsp3) is 0.763. The van der Waals surface area contributed by atoms with Gasteiger partial charge in [-0.1, -0.05) is 44.2 Å². The molecule has 7 rings (SSSR count). The van der Waals surface area contributed by atoms with Gasteiger partial charge in [0.15, 0.2) is 0 Å². The molecule has 10 atom stereocenters. The molecule has 2 aliphatic heterocycles. The highest BCUT2D eigenvalue weighted by atomic mass is 16.3. The van der Waals surface area contributed by atoms with Crippen molar-refractivity contribution in [1.29, 1.82) is 0 Å². The number of hydrogen-bond acceptors (Lipinski definition) is 6. The molecule has 9 heteroatoms. The van der Waals surface area contributed by atoms with Crippen LogP contribution in [0.2, 0.25) is 0 Å². The van der Waals surface area contributed by atoms with Gasteiger partial charge >= 0.3 is 0 Å². The minimum atomic E-state index is -0.467. The molecule has 3 amide bonds. The highest BCUT2D eigenvalue weighted by Gasteiger charge is 2.61. The fourth-order valence-electron chi connectivity index (χ4n) is 11.5. The van der Waals surface area contributed by atoms with Crippen molar-refractivity contribution in [2.75, 3.05) is 39.3 Å². The average molecular weight is 649 g/mol. The lowest BCUT2D eigenvalue weighted by atomic mass is 9.44. The zero-order valence-corrected chi connectivity index (χ0v) is 28.5. The molecule has 0 radical (unpaired) electrons. The Labute approximate surface area is 280 Å². The number of fused-ring (bicyclic) bond motifs is 5. The number of piperazine rings is 1. The Morgan fingerprint density at radius 3 is 2.38 bits per heavy atom. The van der Waals surface area contributed by atoms with Crippen molar-refractivity contribution in [3.63, 3.8) is 0 Å². The Kier molecular flexibility index (Phi) is 9.20. The lowest BCUT2D eigenvalue weighted by Crippen LogP contribution is -2.63. The number of benzene rings is 1. The highest BCUT2D eigenvalue weighted by molar-refractivity contribution is 5.91. The molecule has 4 aliphatic carbocycles.